The van der Waals surface area contributed by atoms with Gasteiger partial charge in [0.1, 0.15) is 16.9 Å². The van der Waals surface area contributed by atoms with Gasteiger partial charge in [-0.1, -0.05) is 6.92 Å². The highest BCUT2D eigenvalue weighted by atomic mass is 79.9. The van der Waals surface area contributed by atoms with E-state index in [0.717, 1.165) is 18.4 Å². The number of ether oxygens (including phenoxy) is 2. The van der Waals surface area contributed by atoms with Crippen LogP contribution in [0.5, 0.6) is 0 Å². The summed E-state index contributed by atoms with van der Waals surface area (Å²) in [5.41, 5.74) is 0.806. The Morgan fingerprint density at radius 2 is 1.80 bits per heavy atom. The number of halogens is 2. The molecule has 2 unspecified atom stereocenters. The molecule has 35 heavy (non-hydrogen) atoms. The maximum atomic E-state index is 15.5. The van der Waals surface area contributed by atoms with Crippen LogP contribution in [0.1, 0.15) is 51.7 Å². The lowest BCUT2D eigenvalue weighted by molar-refractivity contribution is 0.0209. The van der Waals surface area contributed by atoms with Gasteiger partial charge in [-0.2, -0.15) is 0 Å². The lowest BCUT2D eigenvalue weighted by Gasteiger charge is -2.42. The molecule has 1 aromatic heterocycles. The highest BCUT2D eigenvalue weighted by molar-refractivity contribution is 9.10. The van der Waals surface area contributed by atoms with Gasteiger partial charge >= 0.3 is 6.09 Å². The maximum Gasteiger partial charge on any atom is 0.410 e. The molecule has 3 aliphatic heterocycles. The first-order valence-corrected chi connectivity index (χ1v) is 14.1. The Kier molecular flexibility index (Phi) is 5.99. The van der Waals surface area contributed by atoms with E-state index in [0.29, 0.717) is 29.9 Å². The zero-order valence-electron chi connectivity index (χ0n) is 20.1. The van der Waals surface area contributed by atoms with Gasteiger partial charge in [-0.05, 0) is 55.1 Å². The van der Waals surface area contributed by atoms with Crippen molar-refractivity contribution in [3.8, 4) is 0 Å². The number of hydrogen-bond donors (Lipinski definition) is 0. The zero-order valence-corrected chi connectivity index (χ0v) is 22.5. The topological polar surface area (TPSA) is 102 Å². The fourth-order valence-corrected chi connectivity index (χ4v) is 6.39. The second-order valence-electron chi connectivity index (χ2n) is 10.2. The molecule has 2 fully saturated rings. The van der Waals surface area contributed by atoms with Crippen LogP contribution in [0.25, 0.3) is 10.9 Å². The molecule has 190 valence electrons. The van der Waals surface area contributed by atoms with Gasteiger partial charge in [0.25, 0.3) is 0 Å². The first kappa shape index (κ1) is 24.6. The fraction of sp³-hybridized carbons (Fsp3) is 0.609. The normalized spacial score (nSPS) is 22.1. The van der Waals surface area contributed by atoms with Crippen LogP contribution < -0.4 is 4.90 Å². The first-order chi connectivity index (χ1) is 16.4. The van der Waals surface area contributed by atoms with Crippen molar-refractivity contribution < 1.29 is 27.1 Å². The van der Waals surface area contributed by atoms with Crippen molar-refractivity contribution in [3.05, 3.63) is 21.4 Å². The van der Waals surface area contributed by atoms with Crippen LogP contribution in [0, 0.1) is 5.82 Å². The summed E-state index contributed by atoms with van der Waals surface area (Å²) < 4.78 is 52.5. The average molecular weight is 571 g/mol. The summed E-state index contributed by atoms with van der Waals surface area (Å²) in [6, 6.07) is -0.220. The maximum absolute atomic E-state index is 15.5. The molecule has 0 saturated carbocycles. The van der Waals surface area contributed by atoms with E-state index in [9.17, 15) is 13.2 Å². The Bertz CT molecular complexity index is 1320. The molecular formula is C23H28BrFN4O5S. The zero-order chi connectivity index (χ0) is 25.3. The lowest BCUT2D eigenvalue weighted by atomic mass is 10.0. The third-order valence-corrected chi connectivity index (χ3v) is 9.06. The molecule has 1 amide bonds. The van der Waals surface area contributed by atoms with Crippen molar-refractivity contribution in [1.29, 1.82) is 0 Å². The monoisotopic (exact) mass is 570 g/mol. The molecule has 0 aliphatic carbocycles. The van der Waals surface area contributed by atoms with Crippen LogP contribution in [0.15, 0.2) is 9.63 Å². The number of hydrogen-bond acceptors (Lipinski definition) is 8. The third kappa shape index (κ3) is 4.17. The largest absolute Gasteiger partial charge is 0.444 e. The molecule has 2 saturated heterocycles. The summed E-state index contributed by atoms with van der Waals surface area (Å²) in [4.78, 5) is 25.2. The van der Waals surface area contributed by atoms with Crippen molar-refractivity contribution in [2.24, 2.45) is 0 Å². The molecule has 2 atom stereocenters. The second kappa shape index (κ2) is 8.52. The van der Waals surface area contributed by atoms with Crippen molar-refractivity contribution in [1.82, 2.24) is 14.9 Å². The van der Waals surface area contributed by atoms with E-state index in [-0.39, 0.29) is 52.3 Å². The quantitative estimate of drug-likeness (QED) is 0.511. The number of amides is 1. The molecule has 9 nitrogen and oxygen atoms in total. The number of aromatic nitrogens is 2. The molecule has 1 aromatic carbocycles. The number of anilines is 1. The van der Waals surface area contributed by atoms with Crippen LogP contribution in [0.4, 0.5) is 15.0 Å². The standard InChI is InChI=1S/C23H28BrFN4O5S/c1-5-35(31,32)21-26-19-16(14-10-33-11-15(14)17(24)18(19)25)20(27-21)29-12-6-7-13(29)9-28(8-12)22(30)34-23(2,3)4/h12-13H,5-11H2,1-4H3. The Balaban J connectivity index is 1.65. The van der Waals surface area contributed by atoms with Gasteiger partial charge in [-0.25, -0.2) is 27.6 Å². The van der Waals surface area contributed by atoms with E-state index in [2.05, 4.69) is 30.8 Å². The van der Waals surface area contributed by atoms with E-state index in [1.807, 2.05) is 20.8 Å². The highest BCUT2D eigenvalue weighted by Gasteiger charge is 2.45. The predicted octanol–water partition coefficient (Wildman–Crippen LogP) is 3.94. The van der Waals surface area contributed by atoms with Crippen LogP contribution in [-0.4, -0.2) is 65.9 Å². The van der Waals surface area contributed by atoms with Crippen LogP contribution in [0.2, 0.25) is 0 Å². The Morgan fingerprint density at radius 3 is 2.40 bits per heavy atom. The van der Waals surface area contributed by atoms with Gasteiger partial charge < -0.3 is 19.3 Å². The molecule has 5 rings (SSSR count). The van der Waals surface area contributed by atoms with Gasteiger partial charge in [0.2, 0.25) is 15.0 Å². The minimum Gasteiger partial charge on any atom is -0.444 e. The molecule has 2 bridgehead atoms. The van der Waals surface area contributed by atoms with Gasteiger partial charge in [0.15, 0.2) is 5.82 Å². The van der Waals surface area contributed by atoms with Gasteiger partial charge in [-0.3, -0.25) is 0 Å². The average Bonchev–Trinajstić information content (AvgIpc) is 3.37. The van der Waals surface area contributed by atoms with Gasteiger partial charge in [0, 0.05) is 30.7 Å². The SMILES string of the molecule is CCS(=O)(=O)c1nc(N2C3CCC2CN(C(=O)OC(C)(C)C)C3)c2c3c(c(Br)c(F)c2n1)COC3. The number of sulfone groups is 1. The number of carbonyl (C=O) groups excluding carboxylic acids is 1. The summed E-state index contributed by atoms with van der Waals surface area (Å²) in [6.45, 7) is 8.31. The molecule has 0 radical (unpaired) electrons. The number of carbonyl (C=O) groups is 1. The summed E-state index contributed by atoms with van der Waals surface area (Å²) in [6.07, 6.45) is 1.21. The number of nitrogens with zero attached hydrogens (tertiary/aromatic N) is 4. The smallest absolute Gasteiger partial charge is 0.410 e. The Morgan fingerprint density at radius 1 is 1.17 bits per heavy atom. The summed E-state index contributed by atoms with van der Waals surface area (Å²) in [5.74, 6) is -0.430. The van der Waals surface area contributed by atoms with Crippen molar-refractivity contribution in [3.63, 3.8) is 0 Å². The molecule has 12 heteroatoms. The number of piperazine rings is 1. The number of rotatable bonds is 3. The molecule has 3 aliphatic rings. The summed E-state index contributed by atoms with van der Waals surface area (Å²) >= 11 is 3.31. The fourth-order valence-electron chi connectivity index (χ4n) is 5.13. The van der Waals surface area contributed by atoms with Crippen LogP contribution >= 0.6 is 15.9 Å². The van der Waals surface area contributed by atoms with Crippen molar-refractivity contribution in [2.45, 2.75) is 76.6 Å². The minimum atomic E-state index is -3.80. The van der Waals surface area contributed by atoms with E-state index >= 15 is 4.39 Å². The predicted molar refractivity (Wildman–Crippen MR) is 131 cm³/mol. The Hall–Kier alpha value is -2.05. The van der Waals surface area contributed by atoms with Crippen LogP contribution in [-0.2, 0) is 32.5 Å². The summed E-state index contributed by atoms with van der Waals surface area (Å²) in [5, 5.41) is 0.0945. The first-order valence-electron chi connectivity index (χ1n) is 11.7. The third-order valence-electron chi connectivity index (χ3n) is 6.73. The molecule has 4 heterocycles. The van der Waals surface area contributed by atoms with Crippen molar-refractivity contribution >= 4 is 48.6 Å². The lowest BCUT2D eigenvalue weighted by Crippen LogP contribution is -2.56. The molecule has 2 aromatic rings. The van der Waals surface area contributed by atoms with E-state index in [4.69, 9.17) is 9.47 Å². The van der Waals surface area contributed by atoms with Crippen molar-refractivity contribution in [2.75, 3.05) is 23.7 Å². The van der Waals surface area contributed by atoms with Crippen LogP contribution in [0.3, 0.4) is 0 Å². The number of likely N-dealkylation sites (tertiary alicyclic amines) is 1. The van der Waals surface area contributed by atoms with E-state index in [1.54, 1.807) is 4.90 Å². The number of benzene rings is 1. The Labute approximate surface area is 212 Å². The van der Waals surface area contributed by atoms with E-state index < -0.39 is 21.3 Å². The number of fused-ring (bicyclic) bond motifs is 5. The minimum absolute atomic E-state index is 0.0351. The van der Waals surface area contributed by atoms with E-state index in [1.165, 1.54) is 6.92 Å². The highest BCUT2D eigenvalue weighted by Crippen LogP contribution is 2.44. The van der Waals surface area contributed by atoms with Gasteiger partial charge in [0.05, 0.1) is 28.8 Å². The summed E-state index contributed by atoms with van der Waals surface area (Å²) in [7, 11) is -3.80. The molecule has 0 N–H and O–H groups in total. The molecule has 0 spiro atoms. The molecular weight excluding hydrogens is 543 g/mol. The second-order valence-corrected chi connectivity index (χ2v) is 13.2. The van der Waals surface area contributed by atoms with Gasteiger partial charge in [-0.15, -0.1) is 0 Å².